The van der Waals surface area contributed by atoms with Crippen LogP contribution < -0.4 is 5.32 Å². The maximum Gasteiger partial charge on any atom is 0.148 e. The van der Waals surface area contributed by atoms with Crippen molar-refractivity contribution in [2.75, 3.05) is 31.6 Å². The van der Waals surface area contributed by atoms with Crippen molar-refractivity contribution in [1.29, 1.82) is 0 Å². The summed E-state index contributed by atoms with van der Waals surface area (Å²) in [5, 5.41) is 3.68. The lowest BCUT2D eigenvalue weighted by atomic mass is 9.95. The molecule has 0 spiro atoms. The molecule has 1 aliphatic carbocycles. The van der Waals surface area contributed by atoms with Crippen LogP contribution in [0.5, 0.6) is 0 Å². The van der Waals surface area contributed by atoms with Crippen LogP contribution in [0.4, 0.5) is 0 Å². The molecule has 2 unspecified atom stereocenters. The monoisotopic (exact) mass is 274 g/mol. The molecule has 0 bridgehead atoms. The highest BCUT2D eigenvalue weighted by molar-refractivity contribution is 7.90. The lowest BCUT2D eigenvalue weighted by molar-refractivity contribution is 0.169. The van der Waals surface area contributed by atoms with Gasteiger partial charge in [0.2, 0.25) is 0 Å². The van der Waals surface area contributed by atoms with Crippen molar-refractivity contribution >= 4 is 9.84 Å². The zero-order valence-electron chi connectivity index (χ0n) is 11.8. The van der Waals surface area contributed by atoms with E-state index in [0.717, 1.165) is 32.0 Å². The number of rotatable bonds is 4. The van der Waals surface area contributed by atoms with Gasteiger partial charge in [-0.3, -0.25) is 4.90 Å². The predicted octanol–water partition coefficient (Wildman–Crippen LogP) is 0.884. The highest BCUT2D eigenvalue weighted by atomic mass is 32.2. The van der Waals surface area contributed by atoms with E-state index in [1.54, 1.807) is 0 Å². The summed E-state index contributed by atoms with van der Waals surface area (Å²) in [5.74, 6) is 1.05. The Hall–Kier alpha value is -0.130. The van der Waals surface area contributed by atoms with Gasteiger partial charge in [0.25, 0.3) is 0 Å². The van der Waals surface area contributed by atoms with Crippen LogP contribution in [0.3, 0.4) is 0 Å². The van der Waals surface area contributed by atoms with Crippen LogP contribution >= 0.6 is 0 Å². The molecule has 1 aliphatic heterocycles. The SMILES string of the molecule is CC(CS(C)(=O)=O)N1CCCNC(C)(C2CC2)C1. The Labute approximate surface area is 111 Å². The molecule has 4 nitrogen and oxygen atoms in total. The molecule has 106 valence electrons. The molecular formula is C13H26N2O2S. The Morgan fingerprint density at radius 3 is 2.67 bits per heavy atom. The van der Waals surface area contributed by atoms with E-state index in [0.29, 0.717) is 0 Å². The van der Waals surface area contributed by atoms with Crippen LogP contribution in [0.2, 0.25) is 0 Å². The molecule has 0 aromatic rings. The molecule has 2 fully saturated rings. The number of hydrogen-bond acceptors (Lipinski definition) is 4. The molecule has 2 atom stereocenters. The quantitative estimate of drug-likeness (QED) is 0.827. The van der Waals surface area contributed by atoms with Gasteiger partial charge in [-0.2, -0.15) is 0 Å². The van der Waals surface area contributed by atoms with Gasteiger partial charge in [-0.05, 0) is 52.1 Å². The fourth-order valence-corrected chi connectivity index (χ4v) is 4.21. The maximum atomic E-state index is 11.4. The summed E-state index contributed by atoms with van der Waals surface area (Å²) in [6, 6.07) is 0.123. The molecule has 0 aromatic carbocycles. The molecule has 1 saturated heterocycles. The summed E-state index contributed by atoms with van der Waals surface area (Å²) in [7, 11) is -2.89. The number of nitrogens with zero attached hydrogens (tertiary/aromatic N) is 1. The third kappa shape index (κ3) is 3.68. The van der Waals surface area contributed by atoms with Gasteiger partial charge in [0.1, 0.15) is 9.84 Å². The molecule has 2 rings (SSSR count). The molecule has 0 radical (unpaired) electrons. The van der Waals surface area contributed by atoms with Crippen molar-refractivity contribution in [1.82, 2.24) is 10.2 Å². The van der Waals surface area contributed by atoms with Gasteiger partial charge in [-0.25, -0.2) is 8.42 Å². The third-order valence-corrected chi connectivity index (χ3v) is 5.42. The first-order valence-corrected chi connectivity index (χ1v) is 9.03. The first kappa shape index (κ1) is 14.3. The Morgan fingerprint density at radius 1 is 1.44 bits per heavy atom. The summed E-state index contributed by atoms with van der Waals surface area (Å²) < 4.78 is 22.9. The number of nitrogens with one attached hydrogen (secondary N) is 1. The highest BCUT2D eigenvalue weighted by Crippen LogP contribution is 2.40. The molecule has 0 amide bonds. The second kappa shape index (κ2) is 5.10. The average molecular weight is 274 g/mol. The number of sulfone groups is 1. The van der Waals surface area contributed by atoms with E-state index in [2.05, 4.69) is 17.1 Å². The third-order valence-electron chi connectivity index (χ3n) is 4.33. The van der Waals surface area contributed by atoms with Gasteiger partial charge in [0.15, 0.2) is 0 Å². The summed E-state index contributed by atoms with van der Waals surface area (Å²) >= 11 is 0. The van der Waals surface area contributed by atoms with E-state index in [9.17, 15) is 8.42 Å². The summed E-state index contributed by atoms with van der Waals surface area (Å²) in [5.41, 5.74) is 0.183. The van der Waals surface area contributed by atoms with Gasteiger partial charge in [0.05, 0.1) is 5.75 Å². The molecule has 5 heteroatoms. The zero-order valence-corrected chi connectivity index (χ0v) is 12.6. The Balaban J connectivity index is 2.02. The summed E-state index contributed by atoms with van der Waals surface area (Å²) in [4.78, 5) is 2.36. The van der Waals surface area contributed by atoms with Crippen molar-refractivity contribution in [2.45, 2.75) is 44.7 Å². The second-order valence-corrected chi connectivity index (χ2v) is 8.57. The Morgan fingerprint density at radius 2 is 2.11 bits per heavy atom. The first-order valence-electron chi connectivity index (χ1n) is 6.97. The summed E-state index contributed by atoms with van der Waals surface area (Å²) in [6.07, 6.45) is 5.08. The molecule has 1 saturated carbocycles. The van der Waals surface area contributed by atoms with E-state index in [4.69, 9.17) is 0 Å². The second-order valence-electron chi connectivity index (χ2n) is 6.38. The maximum absolute atomic E-state index is 11.4. The van der Waals surface area contributed by atoms with Crippen LogP contribution in [0.1, 0.15) is 33.1 Å². The fraction of sp³-hybridized carbons (Fsp3) is 1.00. The molecule has 2 aliphatic rings. The topological polar surface area (TPSA) is 49.4 Å². The van der Waals surface area contributed by atoms with Gasteiger partial charge in [-0.1, -0.05) is 0 Å². The average Bonchev–Trinajstić information content (AvgIpc) is 2.99. The van der Waals surface area contributed by atoms with Crippen molar-refractivity contribution in [2.24, 2.45) is 5.92 Å². The van der Waals surface area contributed by atoms with Gasteiger partial charge < -0.3 is 5.32 Å². The van der Waals surface area contributed by atoms with Gasteiger partial charge in [-0.15, -0.1) is 0 Å². The van der Waals surface area contributed by atoms with Crippen LogP contribution in [-0.4, -0.2) is 56.5 Å². The lowest BCUT2D eigenvalue weighted by Gasteiger charge is -2.36. The first-order chi connectivity index (χ1) is 8.30. The molecule has 1 N–H and O–H groups in total. The van der Waals surface area contributed by atoms with E-state index < -0.39 is 9.84 Å². The predicted molar refractivity (Wildman–Crippen MR) is 74.5 cm³/mol. The van der Waals surface area contributed by atoms with Crippen molar-refractivity contribution in [3.05, 3.63) is 0 Å². The Bertz CT molecular complexity index is 392. The standard InChI is InChI=1S/C13H26N2O2S/c1-11(9-18(3,16)17)15-8-4-7-14-13(2,10-15)12-5-6-12/h11-12,14H,4-10H2,1-3H3. The molecular weight excluding hydrogens is 248 g/mol. The van der Waals surface area contributed by atoms with E-state index in [1.165, 1.54) is 19.1 Å². The normalized spacial score (nSPS) is 33.1. The summed E-state index contributed by atoms with van der Waals surface area (Å²) in [6.45, 7) is 7.38. The van der Waals surface area contributed by atoms with Crippen LogP contribution in [0, 0.1) is 5.92 Å². The van der Waals surface area contributed by atoms with Crippen LogP contribution in [0.15, 0.2) is 0 Å². The molecule has 18 heavy (non-hydrogen) atoms. The van der Waals surface area contributed by atoms with Gasteiger partial charge >= 0.3 is 0 Å². The number of hydrogen-bond donors (Lipinski definition) is 1. The fourth-order valence-electron chi connectivity index (χ4n) is 3.13. The van der Waals surface area contributed by atoms with E-state index in [1.807, 2.05) is 6.92 Å². The zero-order chi connectivity index (χ0) is 13.4. The van der Waals surface area contributed by atoms with Gasteiger partial charge in [0, 0.05) is 24.4 Å². The highest BCUT2D eigenvalue weighted by Gasteiger charge is 2.43. The van der Waals surface area contributed by atoms with E-state index >= 15 is 0 Å². The van der Waals surface area contributed by atoms with Crippen molar-refractivity contribution in [3.63, 3.8) is 0 Å². The largest absolute Gasteiger partial charge is 0.310 e. The van der Waals surface area contributed by atoms with Crippen LogP contribution in [-0.2, 0) is 9.84 Å². The minimum atomic E-state index is -2.89. The van der Waals surface area contributed by atoms with Crippen molar-refractivity contribution in [3.8, 4) is 0 Å². The minimum absolute atomic E-state index is 0.123. The van der Waals surface area contributed by atoms with E-state index in [-0.39, 0.29) is 17.3 Å². The van der Waals surface area contributed by atoms with Crippen LogP contribution in [0.25, 0.3) is 0 Å². The molecule has 1 heterocycles. The molecule has 0 aromatic heterocycles. The van der Waals surface area contributed by atoms with Crippen molar-refractivity contribution < 1.29 is 8.42 Å². The smallest absolute Gasteiger partial charge is 0.148 e. The minimum Gasteiger partial charge on any atom is -0.310 e. The Kier molecular flexibility index (Phi) is 4.04. The lowest BCUT2D eigenvalue weighted by Crippen LogP contribution is -2.53.